The first-order chi connectivity index (χ1) is 12.6. The number of carbonyl (C=O) groups excluding carboxylic acids is 1. The van der Waals surface area contributed by atoms with E-state index < -0.39 is 6.23 Å². The molecule has 1 unspecified atom stereocenters. The van der Waals surface area contributed by atoms with Crippen LogP contribution >= 0.6 is 0 Å². The first-order valence-electron chi connectivity index (χ1n) is 8.74. The Morgan fingerprint density at radius 1 is 0.808 bits per heavy atom. The van der Waals surface area contributed by atoms with Crippen LogP contribution in [0.25, 0.3) is 0 Å². The molecule has 0 aromatic heterocycles. The van der Waals surface area contributed by atoms with Gasteiger partial charge in [0.1, 0.15) is 6.54 Å². The van der Waals surface area contributed by atoms with Crippen LogP contribution < -0.4 is 0 Å². The second-order valence-corrected chi connectivity index (χ2v) is 6.96. The molecule has 0 heterocycles. The van der Waals surface area contributed by atoms with Gasteiger partial charge >= 0.3 is 5.97 Å². The van der Waals surface area contributed by atoms with Crippen molar-refractivity contribution in [2.45, 2.75) is 12.8 Å². The number of benzene rings is 3. The highest BCUT2D eigenvalue weighted by Gasteiger charge is 2.34. The van der Waals surface area contributed by atoms with Gasteiger partial charge in [-0.1, -0.05) is 66.7 Å². The van der Waals surface area contributed by atoms with Crippen LogP contribution in [-0.2, 0) is 11.3 Å². The lowest BCUT2D eigenvalue weighted by atomic mass is 10.1. The number of hydrogen-bond donors (Lipinski definition) is 0. The summed E-state index contributed by atoms with van der Waals surface area (Å²) in [5.74, 6) is -0.307. The van der Waals surface area contributed by atoms with Gasteiger partial charge in [-0.25, -0.2) is 4.79 Å². The Morgan fingerprint density at radius 2 is 1.31 bits per heavy atom. The molecule has 0 saturated heterocycles. The molecular formula is C23H24NO2+. The fourth-order valence-corrected chi connectivity index (χ4v) is 3.11. The molecular weight excluding hydrogens is 322 g/mol. The summed E-state index contributed by atoms with van der Waals surface area (Å²) in [6, 6.07) is 29.3. The minimum Gasteiger partial charge on any atom is -0.404 e. The topological polar surface area (TPSA) is 26.3 Å². The highest BCUT2D eigenvalue weighted by Crippen LogP contribution is 2.29. The van der Waals surface area contributed by atoms with E-state index in [0.717, 1.165) is 12.1 Å². The largest absolute Gasteiger partial charge is 0.404 e. The molecule has 0 aliphatic rings. The second kappa shape index (κ2) is 7.98. The standard InChI is InChI=1S/C23H24NO2/c1-24(2,18-19-12-6-3-7-13-19)22(20-14-8-4-9-15-20)26-23(25)21-16-10-5-11-17-21/h3-17,22H,18H2,1-2H3/q+1. The van der Waals surface area contributed by atoms with E-state index in [4.69, 9.17) is 4.74 Å². The third kappa shape index (κ3) is 4.38. The van der Waals surface area contributed by atoms with Gasteiger partial charge in [-0.3, -0.25) is 4.48 Å². The zero-order valence-electron chi connectivity index (χ0n) is 15.2. The first-order valence-corrected chi connectivity index (χ1v) is 8.74. The molecule has 0 aliphatic heterocycles. The number of rotatable bonds is 6. The molecule has 132 valence electrons. The number of ether oxygens (including phenoxy) is 1. The van der Waals surface area contributed by atoms with E-state index >= 15 is 0 Å². The highest BCUT2D eigenvalue weighted by atomic mass is 16.6. The van der Waals surface area contributed by atoms with Gasteiger partial charge in [0, 0.05) is 5.56 Å². The number of quaternary nitrogens is 1. The van der Waals surface area contributed by atoms with E-state index in [1.54, 1.807) is 12.1 Å². The average molecular weight is 346 g/mol. The van der Waals surface area contributed by atoms with E-state index in [1.807, 2.05) is 66.7 Å². The summed E-state index contributed by atoms with van der Waals surface area (Å²) in [5, 5.41) is 0. The van der Waals surface area contributed by atoms with Crippen molar-refractivity contribution in [1.82, 2.24) is 0 Å². The Bertz CT molecular complexity index is 830. The van der Waals surface area contributed by atoms with Crippen molar-refractivity contribution in [1.29, 1.82) is 0 Å². The lowest BCUT2D eigenvalue weighted by molar-refractivity contribution is -0.954. The van der Waals surface area contributed by atoms with Crippen LogP contribution in [0.4, 0.5) is 0 Å². The monoisotopic (exact) mass is 346 g/mol. The smallest absolute Gasteiger partial charge is 0.342 e. The molecule has 0 fully saturated rings. The van der Waals surface area contributed by atoms with Crippen molar-refractivity contribution in [2.24, 2.45) is 0 Å². The molecule has 0 N–H and O–H groups in total. The predicted molar refractivity (Wildman–Crippen MR) is 103 cm³/mol. The molecule has 3 nitrogen and oxygen atoms in total. The van der Waals surface area contributed by atoms with E-state index in [-0.39, 0.29) is 5.97 Å². The molecule has 0 amide bonds. The summed E-state index contributed by atoms with van der Waals surface area (Å²) < 4.78 is 6.50. The molecule has 1 atom stereocenters. The van der Waals surface area contributed by atoms with Gasteiger partial charge in [0.25, 0.3) is 6.23 Å². The molecule has 0 bridgehead atoms. The number of nitrogens with zero attached hydrogens (tertiary/aromatic N) is 1. The van der Waals surface area contributed by atoms with Crippen molar-refractivity contribution >= 4 is 5.97 Å². The minimum absolute atomic E-state index is 0.307. The summed E-state index contributed by atoms with van der Waals surface area (Å²) in [6.07, 6.45) is -0.399. The molecule has 3 aromatic rings. The minimum atomic E-state index is -0.399. The zero-order valence-corrected chi connectivity index (χ0v) is 15.2. The van der Waals surface area contributed by atoms with Gasteiger partial charge < -0.3 is 4.74 Å². The maximum atomic E-state index is 12.7. The fourth-order valence-electron chi connectivity index (χ4n) is 3.11. The summed E-state index contributed by atoms with van der Waals surface area (Å²) in [5.41, 5.74) is 2.75. The maximum absolute atomic E-state index is 12.7. The quantitative estimate of drug-likeness (QED) is 0.363. The highest BCUT2D eigenvalue weighted by molar-refractivity contribution is 5.89. The van der Waals surface area contributed by atoms with E-state index in [1.165, 1.54) is 5.56 Å². The van der Waals surface area contributed by atoms with Crippen molar-refractivity contribution in [2.75, 3.05) is 14.1 Å². The summed E-state index contributed by atoms with van der Waals surface area (Å²) in [7, 11) is 4.17. The summed E-state index contributed by atoms with van der Waals surface area (Å²) in [4.78, 5) is 12.7. The Morgan fingerprint density at radius 3 is 1.88 bits per heavy atom. The van der Waals surface area contributed by atoms with Crippen LogP contribution in [0.2, 0.25) is 0 Å². The van der Waals surface area contributed by atoms with Crippen LogP contribution in [-0.4, -0.2) is 24.5 Å². The maximum Gasteiger partial charge on any atom is 0.342 e. The van der Waals surface area contributed by atoms with E-state index in [9.17, 15) is 4.79 Å². The van der Waals surface area contributed by atoms with Crippen LogP contribution in [0.15, 0.2) is 91.0 Å². The third-order valence-electron chi connectivity index (χ3n) is 4.38. The third-order valence-corrected chi connectivity index (χ3v) is 4.38. The van der Waals surface area contributed by atoms with Crippen LogP contribution in [0.3, 0.4) is 0 Å². The van der Waals surface area contributed by atoms with E-state index in [0.29, 0.717) is 10.0 Å². The molecule has 3 rings (SSSR count). The fraction of sp³-hybridized carbons (Fsp3) is 0.174. The molecule has 0 spiro atoms. The molecule has 0 saturated carbocycles. The Kier molecular flexibility index (Phi) is 5.49. The predicted octanol–water partition coefficient (Wildman–Crippen LogP) is 4.82. The molecule has 26 heavy (non-hydrogen) atoms. The van der Waals surface area contributed by atoms with Crippen molar-refractivity contribution < 1.29 is 14.0 Å². The number of carbonyl (C=O) groups is 1. The van der Waals surface area contributed by atoms with Crippen LogP contribution in [0.5, 0.6) is 0 Å². The second-order valence-electron chi connectivity index (χ2n) is 6.96. The van der Waals surface area contributed by atoms with Crippen LogP contribution in [0.1, 0.15) is 27.7 Å². The van der Waals surface area contributed by atoms with Crippen molar-refractivity contribution in [3.63, 3.8) is 0 Å². The van der Waals surface area contributed by atoms with Crippen molar-refractivity contribution in [3.05, 3.63) is 108 Å². The van der Waals surface area contributed by atoms with Gasteiger partial charge in [0.2, 0.25) is 0 Å². The van der Waals surface area contributed by atoms with Crippen molar-refractivity contribution in [3.8, 4) is 0 Å². The zero-order chi connectivity index (χ0) is 18.4. The summed E-state index contributed by atoms with van der Waals surface area (Å²) >= 11 is 0. The number of hydrogen-bond acceptors (Lipinski definition) is 2. The van der Waals surface area contributed by atoms with E-state index in [2.05, 4.69) is 26.2 Å². The summed E-state index contributed by atoms with van der Waals surface area (Å²) in [6.45, 7) is 0.752. The molecule has 3 heteroatoms. The van der Waals surface area contributed by atoms with Gasteiger partial charge in [0.05, 0.1) is 25.2 Å². The average Bonchev–Trinajstić information content (AvgIpc) is 2.67. The van der Waals surface area contributed by atoms with Gasteiger partial charge in [0.15, 0.2) is 0 Å². The first kappa shape index (κ1) is 17.9. The Hall–Kier alpha value is -2.91. The molecule has 3 aromatic carbocycles. The molecule has 0 aliphatic carbocycles. The van der Waals surface area contributed by atoms with Gasteiger partial charge in [-0.15, -0.1) is 0 Å². The lowest BCUT2D eigenvalue weighted by Gasteiger charge is -2.37. The van der Waals surface area contributed by atoms with Crippen LogP contribution in [0, 0.1) is 0 Å². The normalized spacial score (nSPS) is 12.4. The SMILES string of the molecule is C[N+](C)(Cc1ccccc1)C(OC(=O)c1ccccc1)c1ccccc1. The Labute approximate surface area is 155 Å². The Balaban J connectivity index is 1.89. The lowest BCUT2D eigenvalue weighted by Crippen LogP contribution is -2.44. The number of esters is 1. The van der Waals surface area contributed by atoms with Gasteiger partial charge in [-0.2, -0.15) is 0 Å². The molecule has 0 radical (unpaired) electrons. The van der Waals surface area contributed by atoms with Gasteiger partial charge in [-0.05, 0) is 24.3 Å².